The number of hydrogen-bond acceptors (Lipinski definition) is 5. The van der Waals surface area contributed by atoms with Crippen molar-refractivity contribution in [3.05, 3.63) is 23.1 Å². The number of likely N-dealkylation sites (tertiary alicyclic amines) is 1. The summed E-state index contributed by atoms with van der Waals surface area (Å²) >= 11 is 0. The van der Waals surface area contributed by atoms with Gasteiger partial charge in [0.1, 0.15) is 11.3 Å². The van der Waals surface area contributed by atoms with Crippen molar-refractivity contribution in [2.75, 3.05) is 19.7 Å². The highest BCUT2D eigenvalue weighted by Crippen LogP contribution is 2.27. The lowest BCUT2D eigenvalue weighted by Gasteiger charge is -2.37. The Morgan fingerprint density at radius 2 is 2.00 bits per heavy atom. The van der Waals surface area contributed by atoms with Crippen LogP contribution >= 0.6 is 0 Å². The van der Waals surface area contributed by atoms with Crippen LogP contribution in [0, 0.1) is 13.8 Å². The Kier molecular flexibility index (Phi) is 4.42. The number of nitrogens with zero attached hydrogens (tertiary/aromatic N) is 5. The molecule has 0 aliphatic carbocycles. The molecule has 25 heavy (non-hydrogen) atoms. The molecule has 2 aromatic heterocycles. The topological polar surface area (TPSA) is 96.4 Å². The number of aryl methyl sites for hydroxylation is 3. The molecule has 0 spiro atoms. The Balaban J connectivity index is 1.91. The Bertz CT molecular complexity index is 810. The van der Waals surface area contributed by atoms with Crippen LogP contribution in [0.2, 0.25) is 0 Å². The summed E-state index contributed by atoms with van der Waals surface area (Å²) in [6, 6.07) is 1.77. The second-order valence-electron chi connectivity index (χ2n) is 6.92. The minimum atomic E-state index is -1.22. The van der Waals surface area contributed by atoms with Crippen LogP contribution in [0.15, 0.2) is 6.07 Å². The molecule has 2 aromatic rings. The largest absolute Gasteiger partial charge is 0.393 e. The standard InChI is InChI=1S/C17H25N5O3/c1-11-15(12(2)20(3)18-11)13-8-14(21(4)19-13)16(24)22-7-5-6-17(25,9-22)10-23/h8,23,25H,5-7,9-10H2,1-4H3. The van der Waals surface area contributed by atoms with E-state index in [0.29, 0.717) is 30.8 Å². The Morgan fingerprint density at radius 3 is 2.60 bits per heavy atom. The van der Waals surface area contributed by atoms with E-state index in [-0.39, 0.29) is 19.1 Å². The van der Waals surface area contributed by atoms with E-state index >= 15 is 0 Å². The lowest BCUT2D eigenvalue weighted by atomic mass is 9.93. The summed E-state index contributed by atoms with van der Waals surface area (Å²) < 4.78 is 3.36. The summed E-state index contributed by atoms with van der Waals surface area (Å²) in [6.45, 7) is 4.24. The fraction of sp³-hybridized carbons (Fsp3) is 0.588. The van der Waals surface area contributed by atoms with E-state index in [4.69, 9.17) is 0 Å². The van der Waals surface area contributed by atoms with Crippen LogP contribution in [0.1, 0.15) is 34.7 Å². The van der Waals surface area contributed by atoms with E-state index in [1.165, 1.54) is 0 Å². The molecule has 0 aromatic carbocycles. The van der Waals surface area contributed by atoms with Crippen LogP contribution in [0.3, 0.4) is 0 Å². The van der Waals surface area contributed by atoms with Crippen LogP contribution in [-0.4, -0.2) is 65.9 Å². The zero-order valence-corrected chi connectivity index (χ0v) is 15.2. The van der Waals surface area contributed by atoms with Gasteiger partial charge in [-0.15, -0.1) is 0 Å². The van der Waals surface area contributed by atoms with Crippen LogP contribution < -0.4 is 0 Å². The molecule has 1 fully saturated rings. The molecular formula is C17H25N5O3. The predicted molar refractivity (Wildman–Crippen MR) is 92.1 cm³/mol. The number of aliphatic hydroxyl groups is 2. The van der Waals surface area contributed by atoms with Gasteiger partial charge in [-0.05, 0) is 32.8 Å². The maximum atomic E-state index is 12.9. The smallest absolute Gasteiger partial charge is 0.272 e. The fourth-order valence-electron chi connectivity index (χ4n) is 3.51. The second-order valence-corrected chi connectivity index (χ2v) is 6.92. The van der Waals surface area contributed by atoms with Crippen molar-refractivity contribution in [3.63, 3.8) is 0 Å². The summed E-state index contributed by atoms with van der Waals surface area (Å²) in [5.41, 5.74) is 2.74. The van der Waals surface area contributed by atoms with Crippen molar-refractivity contribution in [3.8, 4) is 11.3 Å². The van der Waals surface area contributed by atoms with Gasteiger partial charge < -0.3 is 15.1 Å². The molecule has 0 radical (unpaired) electrons. The van der Waals surface area contributed by atoms with E-state index in [1.807, 2.05) is 20.9 Å². The highest BCUT2D eigenvalue weighted by molar-refractivity contribution is 5.94. The third-order valence-electron chi connectivity index (χ3n) is 5.00. The second kappa shape index (κ2) is 6.27. The van der Waals surface area contributed by atoms with Gasteiger partial charge in [0.05, 0.1) is 24.5 Å². The average molecular weight is 347 g/mol. The molecule has 8 nitrogen and oxygen atoms in total. The van der Waals surface area contributed by atoms with Gasteiger partial charge in [0.15, 0.2) is 0 Å². The first-order valence-electron chi connectivity index (χ1n) is 8.43. The zero-order chi connectivity index (χ0) is 18.4. The summed E-state index contributed by atoms with van der Waals surface area (Å²) in [6.07, 6.45) is 1.16. The molecule has 1 aliphatic heterocycles. The summed E-state index contributed by atoms with van der Waals surface area (Å²) in [4.78, 5) is 14.5. The number of carbonyl (C=O) groups excluding carboxylic acids is 1. The molecule has 1 atom stereocenters. The van der Waals surface area contributed by atoms with Crippen LogP contribution in [0.4, 0.5) is 0 Å². The van der Waals surface area contributed by atoms with Crippen molar-refractivity contribution in [1.82, 2.24) is 24.5 Å². The number of amides is 1. The number of aliphatic hydroxyl groups excluding tert-OH is 1. The molecule has 0 bridgehead atoms. The van der Waals surface area contributed by atoms with Crippen LogP contribution in [0.5, 0.6) is 0 Å². The predicted octanol–water partition coefficient (Wildman–Crippen LogP) is 0.397. The van der Waals surface area contributed by atoms with Crippen LogP contribution in [0.25, 0.3) is 11.3 Å². The fourth-order valence-corrected chi connectivity index (χ4v) is 3.51. The van der Waals surface area contributed by atoms with Gasteiger partial charge in [0.2, 0.25) is 0 Å². The van der Waals surface area contributed by atoms with Crippen molar-refractivity contribution < 1.29 is 15.0 Å². The number of hydrogen-bond donors (Lipinski definition) is 2. The number of rotatable bonds is 3. The summed E-state index contributed by atoms with van der Waals surface area (Å²) in [7, 11) is 3.62. The minimum absolute atomic E-state index is 0.133. The average Bonchev–Trinajstić information content (AvgIpc) is 3.06. The molecule has 8 heteroatoms. The normalized spacial score (nSPS) is 21.0. The van der Waals surface area contributed by atoms with Crippen molar-refractivity contribution in [2.24, 2.45) is 14.1 Å². The van der Waals surface area contributed by atoms with Gasteiger partial charge in [-0.2, -0.15) is 10.2 Å². The maximum absolute atomic E-state index is 12.9. The summed E-state index contributed by atoms with van der Waals surface area (Å²) in [5.74, 6) is -0.188. The molecule has 2 N–H and O–H groups in total. The number of β-amino-alcohol motifs (C(OH)–C–C–N with tert-alkyl or cyclic N) is 1. The number of piperidine rings is 1. The monoisotopic (exact) mass is 347 g/mol. The maximum Gasteiger partial charge on any atom is 0.272 e. The molecule has 1 amide bonds. The van der Waals surface area contributed by atoms with Gasteiger partial charge in [-0.1, -0.05) is 0 Å². The molecule has 136 valence electrons. The highest BCUT2D eigenvalue weighted by atomic mass is 16.3. The number of aromatic nitrogens is 4. The first-order valence-corrected chi connectivity index (χ1v) is 8.43. The number of carbonyl (C=O) groups is 1. The highest BCUT2D eigenvalue weighted by Gasteiger charge is 2.35. The zero-order valence-electron chi connectivity index (χ0n) is 15.2. The molecule has 3 heterocycles. The van der Waals surface area contributed by atoms with Crippen molar-refractivity contribution >= 4 is 5.91 Å². The molecule has 3 rings (SSSR count). The first kappa shape index (κ1) is 17.6. The molecule has 1 aliphatic rings. The van der Waals surface area contributed by atoms with E-state index in [2.05, 4.69) is 10.2 Å². The lowest BCUT2D eigenvalue weighted by molar-refractivity contribution is -0.0600. The van der Waals surface area contributed by atoms with E-state index in [9.17, 15) is 15.0 Å². The SMILES string of the molecule is Cc1nn(C)c(C)c1-c1cc(C(=O)N2CCCC(O)(CO)C2)n(C)n1. The molecule has 0 saturated carbocycles. The minimum Gasteiger partial charge on any atom is -0.393 e. The van der Waals surface area contributed by atoms with Crippen LogP contribution in [-0.2, 0) is 14.1 Å². The first-order chi connectivity index (χ1) is 11.8. The van der Waals surface area contributed by atoms with E-state index < -0.39 is 5.60 Å². The van der Waals surface area contributed by atoms with E-state index in [0.717, 1.165) is 17.0 Å². The van der Waals surface area contributed by atoms with E-state index in [1.54, 1.807) is 27.4 Å². The summed E-state index contributed by atoms with van der Waals surface area (Å²) in [5, 5.41) is 28.6. The molecular weight excluding hydrogens is 322 g/mol. The van der Waals surface area contributed by atoms with Gasteiger partial charge in [-0.25, -0.2) is 0 Å². The van der Waals surface area contributed by atoms with Gasteiger partial charge in [-0.3, -0.25) is 14.2 Å². The van der Waals surface area contributed by atoms with Gasteiger partial charge >= 0.3 is 0 Å². The van der Waals surface area contributed by atoms with Crippen molar-refractivity contribution in [1.29, 1.82) is 0 Å². The quantitative estimate of drug-likeness (QED) is 0.838. The third kappa shape index (κ3) is 3.07. The Morgan fingerprint density at radius 1 is 1.28 bits per heavy atom. The lowest BCUT2D eigenvalue weighted by Crippen LogP contribution is -2.52. The van der Waals surface area contributed by atoms with Crippen molar-refractivity contribution in [2.45, 2.75) is 32.3 Å². The molecule has 1 unspecified atom stereocenters. The molecule has 1 saturated heterocycles. The Hall–Kier alpha value is -2.19. The van der Waals surface area contributed by atoms with Gasteiger partial charge in [0, 0.05) is 31.9 Å². The van der Waals surface area contributed by atoms with Gasteiger partial charge in [0.25, 0.3) is 5.91 Å². The third-order valence-corrected chi connectivity index (χ3v) is 5.00. The Labute approximate surface area is 146 Å².